The van der Waals surface area contributed by atoms with Crippen molar-refractivity contribution in [2.75, 3.05) is 12.4 Å². The largest absolute Gasteiger partial charge is 0.497 e. The molecule has 0 bridgehead atoms. The summed E-state index contributed by atoms with van der Waals surface area (Å²) in [7, 11) is 1.59. The molecule has 0 fully saturated rings. The monoisotopic (exact) mass is 399 g/mol. The van der Waals surface area contributed by atoms with Gasteiger partial charge in [0, 0.05) is 6.08 Å². The van der Waals surface area contributed by atoms with Crippen LogP contribution in [-0.2, 0) is 4.79 Å². The second-order valence-electron chi connectivity index (χ2n) is 6.25. The van der Waals surface area contributed by atoms with Crippen molar-refractivity contribution in [1.29, 1.82) is 0 Å². The molecule has 0 aliphatic heterocycles. The highest BCUT2D eigenvalue weighted by Gasteiger charge is 2.11. The van der Waals surface area contributed by atoms with Crippen LogP contribution in [0.4, 0.5) is 5.69 Å². The second-order valence-corrected chi connectivity index (χ2v) is 6.25. The summed E-state index contributed by atoms with van der Waals surface area (Å²) in [4.78, 5) is 24.7. The average Bonchev–Trinajstić information content (AvgIpc) is 2.79. The Labute approximate surface area is 174 Å². The fourth-order valence-electron chi connectivity index (χ4n) is 2.62. The molecule has 2 amide bonds. The molecule has 0 heterocycles. The molecule has 0 saturated heterocycles. The molecule has 6 heteroatoms. The number of anilines is 1. The zero-order valence-corrected chi connectivity index (χ0v) is 16.4. The number of para-hydroxylation sites is 1. The smallest absolute Gasteiger partial charge is 0.273 e. The van der Waals surface area contributed by atoms with E-state index in [2.05, 4.69) is 15.8 Å². The highest BCUT2D eigenvalue weighted by molar-refractivity contribution is 6.07. The quantitative estimate of drug-likeness (QED) is 0.356. The van der Waals surface area contributed by atoms with E-state index in [4.69, 9.17) is 4.74 Å². The van der Waals surface area contributed by atoms with Crippen LogP contribution in [0, 0.1) is 0 Å². The van der Waals surface area contributed by atoms with Gasteiger partial charge in [-0.3, -0.25) is 9.59 Å². The van der Waals surface area contributed by atoms with Crippen molar-refractivity contribution in [2.45, 2.75) is 0 Å². The molecule has 0 atom stereocenters. The van der Waals surface area contributed by atoms with Crippen molar-refractivity contribution in [3.05, 3.63) is 102 Å². The maximum absolute atomic E-state index is 12.5. The van der Waals surface area contributed by atoms with E-state index in [9.17, 15) is 9.59 Å². The molecule has 30 heavy (non-hydrogen) atoms. The Hall–Kier alpha value is -4.19. The lowest BCUT2D eigenvalue weighted by Crippen LogP contribution is -2.20. The second kappa shape index (κ2) is 10.4. The average molecular weight is 399 g/mol. The summed E-state index contributed by atoms with van der Waals surface area (Å²) in [6.07, 6.45) is 4.66. The summed E-state index contributed by atoms with van der Waals surface area (Å²) < 4.78 is 5.10. The number of hydrogen-bond donors (Lipinski definition) is 2. The summed E-state index contributed by atoms with van der Waals surface area (Å²) in [5, 5.41) is 6.71. The van der Waals surface area contributed by atoms with Crippen LogP contribution in [0.15, 0.2) is 90.0 Å². The first kappa shape index (κ1) is 20.5. The fourth-order valence-corrected chi connectivity index (χ4v) is 2.62. The molecule has 3 aromatic rings. The standard InChI is InChI=1S/C24H21N3O3/c1-30-20-14-11-19(12-15-20)17-25-27-24(29)21-9-5-6-10-22(21)26-23(28)16-13-18-7-3-2-4-8-18/h2-17H,1H3,(H,26,28)(H,27,29)/b16-13+,25-17-. The van der Waals surface area contributed by atoms with E-state index >= 15 is 0 Å². The van der Waals surface area contributed by atoms with Gasteiger partial charge in [-0.2, -0.15) is 5.10 Å². The third kappa shape index (κ3) is 5.90. The molecule has 0 saturated carbocycles. The number of carbonyl (C=O) groups excluding carboxylic acids is 2. The van der Waals surface area contributed by atoms with Gasteiger partial charge in [-0.25, -0.2) is 5.43 Å². The van der Waals surface area contributed by atoms with Crippen molar-refractivity contribution in [3.8, 4) is 5.75 Å². The first-order chi connectivity index (χ1) is 14.7. The van der Waals surface area contributed by atoms with Crippen molar-refractivity contribution in [2.24, 2.45) is 5.10 Å². The molecule has 0 aromatic heterocycles. The molecule has 0 aliphatic carbocycles. The predicted molar refractivity (Wildman–Crippen MR) is 119 cm³/mol. The molecule has 6 nitrogen and oxygen atoms in total. The van der Waals surface area contributed by atoms with Crippen LogP contribution in [0.2, 0.25) is 0 Å². The first-order valence-electron chi connectivity index (χ1n) is 9.26. The third-order valence-corrected chi connectivity index (χ3v) is 4.15. The molecule has 0 radical (unpaired) electrons. The minimum Gasteiger partial charge on any atom is -0.497 e. The summed E-state index contributed by atoms with van der Waals surface area (Å²) in [5.74, 6) is -0.0225. The van der Waals surface area contributed by atoms with Gasteiger partial charge in [0.2, 0.25) is 5.91 Å². The number of rotatable bonds is 7. The van der Waals surface area contributed by atoms with Gasteiger partial charge in [-0.05, 0) is 53.6 Å². The lowest BCUT2D eigenvalue weighted by molar-refractivity contribution is -0.111. The fraction of sp³-hybridized carbons (Fsp3) is 0.0417. The third-order valence-electron chi connectivity index (χ3n) is 4.15. The zero-order valence-electron chi connectivity index (χ0n) is 16.4. The maximum atomic E-state index is 12.5. The van der Waals surface area contributed by atoms with Crippen molar-refractivity contribution >= 4 is 29.8 Å². The Morgan fingerprint density at radius 3 is 2.30 bits per heavy atom. The Kier molecular flexibility index (Phi) is 7.11. The molecule has 0 unspecified atom stereocenters. The number of methoxy groups -OCH3 is 1. The van der Waals surface area contributed by atoms with Gasteiger partial charge in [0.15, 0.2) is 0 Å². The highest BCUT2D eigenvalue weighted by atomic mass is 16.5. The summed E-state index contributed by atoms with van der Waals surface area (Å²) in [6.45, 7) is 0. The van der Waals surface area contributed by atoms with Crippen LogP contribution in [-0.4, -0.2) is 25.1 Å². The molecular weight excluding hydrogens is 378 g/mol. The Morgan fingerprint density at radius 2 is 1.57 bits per heavy atom. The van der Waals surface area contributed by atoms with Crippen molar-refractivity contribution in [3.63, 3.8) is 0 Å². The van der Waals surface area contributed by atoms with E-state index in [-0.39, 0.29) is 5.91 Å². The van der Waals surface area contributed by atoms with Crippen LogP contribution in [0.1, 0.15) is 21.5 Å². The van der Waals surface area contributed by atoms with Crippen molar-refractivity contribution in [1.82, 2.24) is 5.43 Å². The maximum Gasteiger partial charge on any atom is 0.273 e. The number of nitrogens with zero attached hydrogens (tertiary/aromatic N) is 1. The zero-order chi connectivity index (χ0) is 21.2. The van der Waals surface area contributed by atoms with Gasteiger partial charge < -0.3 is 10.1 Å². The van der Waals surface area contributed by atoms with E-state index in [1.165, 1.54) is 12.3 Å². The van der Waals surface area contributed by atoms with Crippen LogP contribution in [0.3, 0.4) is 0 Å². The first-order valence-corrected chi connectivity index (χ1v) is 9.26. The molecule has 0 aliphatic rings. The number of amides is 2. The highest BCUT2D eigenvalue weighted by Crippen LogP contribution is 2.15. The van der Waals surface area contributed by atoms with Gasteiger partial charge in [0.05, 0.1) is 24.6 Å². The topological polar surface area (TPSA) is 79.8 Å². The minimum atomic E-state index is -0.428. The molecule has 3 aromatic carbocycles. The molecule has 3 rings (SSSR count). The number of hydrogen-bond acceptors (Lipinski definition) is 4. The Balaban J connectivity index is 1.63. The predicted octanol–water partition coefficient (Wildman–Crippen LogP) is 4.11. The summed E-state index contributed by atoms with van der Waals surface area (Å²) in [5.41, 5.74) is 4.91. The number of benzene rings is 3. The van der Waals surface area contributed by atoms with Crippen LogP contribution in [0.5, 0.6) is 5.75 Å². The number of nitrogens with one attached hydrogen (secondary N) is 2. The van der Waals surface area contributed by atoms with Gasteiger partial charge in [-0.1, -0.05) is 42.5 Å². The lowest BCUT2D eigenvalue weighted by Gasteiger charge is -2.08. The molecule has 150 valence electrons. The van der Waals surface area contributed by atoms with Crippen LogP contribution in [0.25, 0.3) is 6.08 Å². The van der Waals surface area contributed by atoms with E-state index in [1.54, 1.807) is 49.6 Å². The number of ether oxygens (including phenoxy) is 1. The lowest BCUT2D eigenvalue weighted by atomic mass is 10.1. The van der Waals surface area contributed by atoms with E-state index in [0.717, 1.165) is 16.9 Å². The van der Waals surface area contributed by atoms with E-state index in [1.807, 2.05) is 42.5 Å². The number of carbonyl (C=O) groups is 2. The summed E-state index contributed by atoms with van der Waals surface area (Å²) >= 11 is 0. The van der Waals surface area contributed by atoms with E-state index < -0.39 is 5.91 Å². The minimum absolute atomic E-state index is 0.311. The van der Waals surface area contributed by atoms with Gasteiger partial charge in [-0.15, -0.1) is 0 Å². The molecule has 2 N–H and O–H groups in total. The SMILES string of the molecule is COc1ccc(/C=N\NC(=O)c2ccccc2NC(=O)/C=C/c2ccccc2)cc1. The van der Waals surface area contributed by atoms with Crippen molar-refractivity contribution < 1.29 is 14.3 Å². The van der Waals surface area contributed by atoms with Gasteiger partial charge in [0.1, 0.15) is 5.75 Å². The Morgan fingerprint density at radius 1 is 0.867 bits per heavy atom. The van der Waals surface area contributed by atoms with Gasteiger partial charge in [0.25, 0.3) is 5.91 Å². The number of hydrazone groups is 1. The van der Waals surface area contributed by atoms with Crippen LogP contribution < -0.4 is 15.5 Å². The van der Waals surface area contributed by atoms with Gasteiger partial charge >= 0.3 is 0 Å². The Bertz CT molecular complexity index is 1060. The molecule has 0 spiro atoms. The van der Waals surface area contributed by atoms with Crippen LogP contribution >= 0.6 is 0 Å². The van der Waals surface area contributed by atoms with E-state index in [0.29, 0.717) is 11.3 Å². The summed E-state index contributed by atoms with van der Waals surface area (Å²) in [6, 6.07) is 23.5. The normalized spacial score (nSPS) is 10.8. The molecular formula is C24H21N3O3.